The Morgan fingerprint density at radius 2 is 2.22 bits per heavy atom. The molecule has 0 aromatic rings. The molecule has 0 aromatic heterocycles. The summed E-state index contributed by atoms with van der Waals surface area (Å²) in [5.41, 5.74) is 5.30. The molecule has 3 N–H and O–H groups in total. The molecule has 106 valence electrons. The van der Waals surface area contributed by atoms with Gasteiger partial charge >= 0.3 is 0 Å². The monoisotopic (exact) mass is 293 g/mol. The minimum atomic E-state index is -2.99. The maximum Gasteiger partial charge on any atom is 0.166 e. The van der Waals surface area contributed by atoms with Crippen molar-refractivity contribution in [1.29, 1.82) is 5.41 Å². The van der Waals surface area contributed by atoms with E-state index in [1.807, 2.05) is 0 Å². The Bertz CT molecular complexity index is 370. The van der Waals surface area contributed by atoms with Crippen LogP contribution in [0.3, 0.4) is 0 Å². The van der Waals surface area contributed by atoms with Crippen molar-refractivity contribution < 1.29 is 8.42 Å². The van der Waals surface area contributed by atoms with Crippen LogP contribution in [-0.4, -0.2) is 54.9 Å². The largest absolute Gasteiger partial charge is 0.388 e. The van der Waals surface area contributed by atoms with Gasteiger partial charge in [-0.3, -0.25) is 10.3 Å². The van der Waals surface area contributed by atoms with Gasteiger partial charge in [-0.05, 0) is 19.4 Å². The lowest BCUT2D eigenvalue weighted by Crippen LogP contribution is -2.48. The predicted molar refractivity (Wildman–Crippen MR) is 77.9 cm³/mol. The third kappa shape index (κ3) is 4.78. The van der Waals surface area contributed by atoms with E-state index < -0.39 is 9.84 Å². The van der Waals surface area contributed by atoms with Crippen molar-refractivity contribution in [3.05, 3.63) is 0 Å². The first-order valence-electron chi connectivity index (χ1n) is 6.33. The standard InChI is InChI=1S/C11H23N3O2S2/c1-2-18(15,16)11-9-17-8-7-14(11)6-4-3-5-10(12)13/h11H,2-9H2,1H3,(H3,12,13). The van der Waals surface area contributed by atoms with Crippen LogP contribution in [0.15, 0.2) is 0 Å². The van der Waals surface area contributed by atoms with Gasteiger partial charge in [0.1, 0.15) is 5.37 Å². The van der Waals surface area contributed by atoms with Crippen LogP contribution >= 0.6 is 11.8 Å². The summed E-state index contributed by atoms with van der Waals surface area (Å²) < 4.78 is 24.0. The average molecular weight is 293 g/mol. The number of hydrogen-bond donors (Lipinski definition) is 2. The molecule has 1 unspecified atom stereocenters. The molecular weight excluding hydrogens is 270 g/mol. The normalized spacial score (nSPS) is 21.9. The van der Waals surface area contributed by atoms with Crippen molar-refractivity contribution in [1.82, 2.24) is 4.90 Å². The summed E-state index contributed by atoms with van der Waals surface area (Å²) in [6.07, 6.45) is 2.37. The van der Waals surface area contributed by atoms with Gasteiger partial charge in [0, 0.05) is 30.2 Å². The zero-order chi connectivity index (χ0) is 13.6. The van der Waals surface area contributed by atoms with E-state index in [2.05, 4.69) is 4.90 Å². The Morgan fingerprint density at radius 3 is 2.83 bits per heavy atom. The smallest absolute Gasteiger partial charge is 0.166 e. The molecule has 0 aromatic carbocycles. The molecule has 1 aliphatic heterocycles. The number of thioether (sulfide) groups is 1. The van der Waals surface area contributed by atoms with E-state index in [-0.39, 0.29) is 17.0 Å². The van der Waals surface area contributed by atoms with E-state index >= 15 is 0 Å². The van der Waals surface area contributed by atoms with E-state index in [9.17, 15) is 8.42 Å². The van der Waals surface area contributed by atoms with Gasteiger partial charge in [-0.2, -0.15) is 11.8 Å². The number of sulfone groups is 1. The summed E-state index contributed by atoms with van der Waals surface area (Å²) in [4.78, 5) is 2.08. The summed E-state index contributed by atoms with van der Waals surface area (Å²) in [6.45, 7) is 3.34. The van der Waals surface area contributed by atoms with E-state index in [0.29, 0.717) is 12.2 Å². The number of nitrogens with one attached hydrogen (secondary N) is 1. The topological polar surface area (TPSA) is 87.2 Å². The molecule has 0 amide bonds. The number of nitrogens with zero attached hydrogens (tertiary/aromatic N) is 1. The quantitative estimate of drug-likeness (QED) is 0.414. The highest BCUT2D eigenvalue weighted by Crippen LogP contribution is 2.21. The molecule has 1 fully saturated rings. The van der Waals surface area contributed by atoms with Gasteiger partial charge in [-0.15, -0.1) is 0 Å². The van der Waals surface area contributed by atoms with Crippen molar-refractivity contribution in [3.8, 4) is 0 Å². The van der Waals surface area contributed by atoms with Gasteiger partial charge in [-0.1, -0.05) is 6.92 Å². The van der Waals surface area contributed by atoms with Gasteiger partial charge in [0.2, 0.25) is 0 Å². The second-order valence-electron chi connectivity index (χ2n) is 4.50. The number of nitrogens with two attached hydrogens (primary N) is 1. The molecule has 1 saturated heterocycles. The summed E-state index contributed by atoms with van der Waals surface area (Å²) in [6, 6.07) is 0. The highest BCUT2D eigenvalue weighted by atomic mass is 32.2. The highest BCUT2D eigenvalue weighted by molar-refractivity contribution is 8.01. The maximum absolute atomic E-state index is 12.0. The second kappa shape index (κ2) is 7.35. The molecule has 0 bridgehead atoms. The zero-order valence-electron chi connectivity index (χ0n) is 10.9. The number of amidine groups is 1. The van der Waals surface area contributed by atoms with Crippen molar-refractivity contribution in [2.24, 2.45) is 5.73 Å². The Hall–Kier alpha value is -0.270. The van der Waals surface area contributed by atoms with Crippen molar-refractivity contribution in [2.75, 3.05) is 30.3 Å². The first-order valence-corrected chi connectivity index (χ1v) is 9.20. The van der Waals surface area contributed by atoms with Crippen LogP contribution in [-0.2, 0) is 9.84 Å². The van der Waals surface area contributed by atoms with Crippen molar-refractivity contribution in [2.45, 2.75) is 31.6 Å². The van der Waals surface area contributed by atoms with Crippen LogP contribution in [0.2, 0.25) is 0 Å². The SMILES string of the molecule is CCS(=O)(=O)C1CSCCN1CCCCC(=N)N. The van der Waals surface area contributed by atoms with Gasteiger partial charge in [0.15, 0.2) is 9.84 Å². The minimum absolute atomic E-state index is 0.210. The summed E-state index contributed by atoms with van der Waals surface area (Å²) in [5.74, 6) is 2.11. The maximum atomic E-state index is 12.0. The van der Waals surface area contributed by atoms with Crippen molar-refractivity contribution >= 4 is 27.4 Å². The molecule has 0 radical (unpaired) electrons. The van der Waals surface area contributed by atoms with Crippen LogP contribution in [0.5, 0.6) is 0 Å². The summed E-state index contributed by atoms with van der Waals surface area (Å²) in [7, 11) is -2.99. The first kappa shape index (κ1) is 15.8. The van der Waals surface area contributed by atoms with E-state index in [4.69, 9.17) is 11.1 Å². The molecule has 0 aliphatic carbocycles. The Kier molecular flexibility index (Phi) is 6.45. The van der Waals surface area contributed by atoms with Crippen LogP contribution in [0, 0.1) is 5.41 Å². The molecule has 1 atom stereocenters. The zero-order valence-corrected chi connectivity index (χ0v) is 12.5. The third-order valence-corrected chi connectivity index (χ3v) is 6.48. The fourth-order valence-corrected chi connectivity index (χ4v) is 5.14. The van der Waals surface area contributed by atoms with Crippen LogP contribution < -0.4 is 5.73 Å². The number of hydrogen-bond acceptors (Lipinski definition) is 5. The predicted octanol–water partition coefficient (Wildman–Crippen LogP) is 0.902. The van der Waals surface area contributed by atoms with Crippen molar-refractivity contribution in [3.63, 3.8) is 0 Å². The van der Waals surface area contributed by atoms with Gasteiger partial charge < -0.3 is 5.73 Å². The van der Waals surface area contributed by atoms with Gasteiger partial charge in [0.05, 0.1) is 5.84 Å². The van der Waals surface area contributed by atoms with Gasteiger partial charge in [0.25, 0.3) is 0 Å². The molecule has 0 spiro atoms. The summed E-state index contributed by atoms with van der Waals surface area (Å²) >= 11 is 1.72. The lowest BCUT2D eigenvalue weighted by Gasteiger charge is -2.34. The molecule has 0 saturated carbocycles. The Labute approximate surface area is 114 Å². The average Bonchev–Trinajstić information content (AvgIpc) is 2.35. The third-order valence-electron chi connectivity index (χ3n) is 3.15. The number of rotatable bonds is 7. The first-order chi connectivity index (χ1) is 8.47. The van der Waals surface area contributed by atoms with E-state index in [1.165, 1.54) is 0 Å². The molecule has 18 heavy (non-hydrogen) atoms. The van der Waals surface area contributed by atoms with E-state index in [1.54, 1.807) is 18.7 Å². The molecule has 1 heterocycles. The molecule has 1 aliphatic rings. The fraction of sp³-hybridized carbons (Fsp3) is 0.909. The van der Waals surface area contributed by atoms with Crippen LogP contribution in [0.25, 0.3) is 0 Å². The lowest BCUT2D eigenvalue weighted by molar-refractivity contribution is 0.265. The van der Waals surface area contributed by atoms with E-state index in [0.717, 1.165) is 31.7 Å². The second-order valence-corrected chi connectivity index (χ2v) is 8.10. The van der Waals surface area contributed by atoms with Crippen LogP contribution in [0.4, 0.5) is 0 Å². The molecule has 7 heteroatoms. The highest BCUT2D eigenvalue weighted by Gasteiger charge is 2.32. The van der Waals surface area contributed by atoms with Gasteiger partial charge in [-0.25, -0.2) is 8.42 Å². The molecule has 5 nitrogen and oxygen atoms in total. The molecule has 1 rings (SSSR count). The fourth-order valence-electron chi connectivity index (χ4n) is 2.02. The minimum Gasteiger partial charge on any atom is -0.388 e. The number of unbranched alkanes of at least 4 members (excludes halogenated alkanes) is 1. The molecular formula is C11H23N3O2S2. The summed E-state index contributed by atoms with van der Waals surface area (Å²) in [5, 5.41) is 6.83. The lowest BCUT2D eigenvalue weighted by atomic mass is 10.2. The Morgan fingerprint density at radius 1 is 1.50 bits per heavy atom. The van der Waals surface area contributed by atoms with Crippen LogP contribution in [0.1, 0.15) is 26.2 Å². The Balaban J connectivity index is 2.47.